The van der Waals surface area contributed by atoms with Gasteiger partial charge in [-0.1, -0.05) is 18.2 Å². The zero-order valence-corrected chi connectivity index (χ0v) is 12.2. The number of pyridine rings is 1. The van der Waals surface area contributed by atoms with Crippen LogP contribution in [0, 0.1) is 6.92 Å². The number of aryl methyl sites for hydroxylation is 1. The lowest BCUT2D eigenvalue weighted by Crippen LogP contribution is -2.25. The number of rotatable bonds is 3. The fourth-order valence-electron chi connectivity index (χ4n) is 2.62. The van der Waals surface area contributed by atoms with Gasteiger partial charge in [-0.05, 0) is 43.5 Å². The number of aromatic nitrogens is 3. The molecule has 1 atom stereocenters. The van der Waals surface area contributed by atoms with E-state index in [-0.39, 0.29) is 11.6 Å². The number of nitrogens with zero attached hydrogens (tertiary/aromatic N) is 3. The quantitative estimate of drug-likeness (QED) is 0.740. The first-order valence-electron chi connectivity index (χ1n) is 7.02. The van der Waals surface area contributed by atoms with Gasteiger partial charge in [0.15, 0.2) is 0 Å². The Morgan fingerprint density at radius 3 is 2.86 bits per heavy atom. The number of hydrogen-bond acceptors (Lipinski definition) is 3. The van der Waals surface area contributed by atoms with Crippen molar-refractivity contribution in [3.05, 3.63) is 70.5 Å². The van der Waals surface area contributed by atoms with E-state index in [0.29, 0.717) is 5.39 Å². The van der Waals surface area contributed by atoms with Gasteiger partial charge in [0.05, 0.1) is 17.2 Å². The molecule has 0 aliphatic carbocycles. The lowest BCUT2D eigenvalue weighted by atomic mass is 10.1. The summed E-state index contributed by atoms with van der Waals surface area (Å²) in [5.41, 5.74) is 2.86. The molecule has 0 spiro atoms. The van der Waals surface area contributed by atoms with Crippen LogP contribution in [0.3, 0.4) is 0 Å². The third-order valence-electron chi connectivity index (χ3n) is 3.75. The molecule has 3 aromatic rings. The van der Waals surface area contributed by atoms with E-state index >= 15 is 0 Å². The van der Waals surface area contributed by atoms with E-state index in [9.17, 15) is 4.79 Å². The van der Waals surface area contributed by atoms with E-state index in [4.69, 9.17) is 0 Å². The molecule has 21 heavy (non-hydrogen) atoms. The average molecular weight is 279 g/mol. The summed E-state index contributed by atoms with van der Waals surface area (Å²) in [5.74, 6) is 0. The van der Waals surface area contributed by atoms with Gasteiger partial charge in [-0.15, -0.1) is 0 Å². The summed E-state index contributed by atoms with van der Waals surface area (Å²) >= 11 is 0. The van der Waals surface area contributed by atoms with Gasteiger partial charge >= 0.3 is 0 Å². The molecule has 0 aliphatic heterocycles. The summed E-state index contributed by atoms with van der Waals surface area (Å²) in [6.45, 7) is 3.97. The van der Waals surface area contributed by atoms with E-state index in [2.05, 4.69) is 9.97 Å². The molecule has 0 amide bonds. The minimum Gasteiger partial charge on any atom is -0.296 e. The Morgan fingerprint density at radius 1 is 1.24 bits per heavy atom. The number of fused-ring (bicyclic) bond motifs is 1. The van der Waals surface area contributed by atoms with Crippen molar-refractivity contribution < 1.29 is 0 Å². The van der Waals surface area contributed by atoms with Crippen LogP contribution in [0.15, 0.2) is 53.8 Å². The molecule has 106 valence electrons. The predicted molar refractivity (Wildman–Crippen MR) is 83.4 cm³/mol. The molecule has 0 fully saturated rings. The highest BCUT2D eigenvalue weighted by atomic mass is 16.1. The summed E-state index contributed by atoms with van der Waals surface area (Å²) in [6, 6.07) is 9.72. The van der Waals surface area contributed by atoms with E-state index in [0.717, 1.165) is 23.1 Å². The molecular formula is C17H17N3O. The van der Waals surface area contributed by atoms with Gasteiger partial charge in [0, 0.05) is 18.4 Å². The Kier molecular flexibility index (Phi) is 3.52. The van der Waals surface area contributed by atoms with E-state index in [1.165, 1.54) is 0 Å². The van der Waals surface area contributed by atoms with E-state index < -0.39 is 0 Å². The highest BCUT2D eigenvalue weighted by Gasteiger charge is 2.12. The zero-order chi connectivity index (χ0) is 14.8. The lowest BCUT2D eigenvalue weighted by Gasteiger charge is -2.15. The Hall–Kier alpha value is -2.49. The van der Waals surface area contributed by atoms with Crippen molar-refractivity contribution in [3.8, 4) is 0 Å². The van der Waals surface area contributed by atoms with Crippen LogP contribution in [-0.2, 0) is 6.42 Å². The maximum absolute atomic E-state index is 12.7. The first-order valence-corrected chi connectivity index (χ1v) is 7.02. The largest absolute Gasteiger partial charge is 0.296 e. The molecule has 0 bridgehead atoms. The summed E-state index contributed by atoms with van der Waals surface area (Å²) in [6.07, 6.45) is 5.99. The topological polar surface area (TPSA) is 47.8 Å². The smallest absolute Gasteiger partial charge is 0.261 e. The summed E-state index contributed by atoms with van der Waals surface area (Å²) < 4.78 is 1.71. The second-order valence-corrected chi connectivity index (χ2v) is 5.34. The normalized spacial score (nSPS) is 12.5. The standard InChI is InChI=1S/C17H17N3O/c1-12-5-3-7-15-16(12)17(21)20(11-19-15)13(2)9-14-6-4-8-18-10-14/h3-8,10-11,13H,9H2,1-2H3/t13-/m1/s1. The SMILES string of the molecule is Cc1cccc2ncn([C@H](C)Cc3cccnc3)c(=O)c12. The van der Waals surface area contributed by atoms with Gasteiger partial charge in [0.25, 0.3) is 5.56 Å². The van der Waals surface area contributed by atoms with Crippen LogP contribution in [0.5, 0.6) is 0 Å². The second kappa shape index (κ2) is 5.48. The Morgan fingerprint density at radius 2 is 2.10 bits per heavy atom. The van der Waals surface area contributed by atoms with Gasteiger partial charge < -0.3 is 0 Å². The minimum atomic E-state index is 0.0227. The maximum atomic E-state index is 12.7. The van der Waals surface area contributed by atoms with Crippen LogP contribution in [0.2, 0.25) is 0 Å². The average Bonchev–Trinajstić information content (AvgIpc) is 2.48. The molecule has 3 rings (SSSR count). The lowest BCUT2D eigenvalue weighted by molar-refractivity contribution is 0.522. The van der Waals surface area contributed by atoms with Gasteiger partial charge in [-0.3, -0.25) is 14.3 Å². The van der Waals surface area contributed by atoms with E-state index in [1.54, 1.807) is 17.1 Å². The minimum absolute atomic E-state index is 0.0227. The molecule has 4 heteroatoms. The van der Waals surface area contributed by atoms with Gasteiger partial charge in [0.1, 0.15) is 0 Å². The molecule has 0 aliphatic rings. The van der Waals surface area contributed by atoms with Crippen LogP contribution in [0.4, 0.5) is 0 Å². The van der Waals surface area contributed by atoms with Crippen molar-refractivity contribution in [2.75, 3.05) is 0 Å². The van der Waals surface area contributed by atoms with Crippen LogP contribution in [0.1, 0.15) is 24.1 Å². The van der Waals surface area contributed by atoms with E-state index in [1.807, 2.05) is 50.4 Å². The third kappa shape index (κ3) is 2.57. The Bertz CT molecular complexity index is 824. The fourth-order valence-corrected chi connectivity index (χ4v) is 2.62. The molecule has 0 radical (unpaired) electrons. The third-order valence-corrected chi connectivity index (χ3v) is 3.75. The predicted octanol–water partition coefficient (Wildman–Crippen LogP) is 2.90. The highest BCUT2D eigenvalue weighted by Crippen LogP contribution is 2.15. The highest BCUT2D eigenvalue weighted by molar-refractivity contribution is 5.80. The molecule has 0 saturated carbocycles. The zero-order valence-electron chi connectivity index (χ0n) is 12.2. The summed E-state index contributed by atoms with van der Waals surface area (Å²) in [4.78, 5) is 21.2. The van der Waals surface area contributed by atoms with Crippen molar-refractivity contribution in [1.29, 1.82) is 0 Å². The van der Waals surface area contributed by atoms with Crippen molar-refractivity contribution in [2.45, 2.75) is 26.3 Å². The van der Waals surface area contributed by atoms with Crippen molar-refractivity contribution in [3.63, 3.8) is 0 Å². The molecule has 1 aromatic carbocycles. The van der Waals surface area contributed by atoms with Crippen LogP contribution < -0.4 is 5.56 Å². The Labute approximate surface area is 123 Å². The molecule has 4 nitrogen and oxygen atoms in total. The molecule has 2 heterocycles. The first-order chi connectivity index (χ1) is 10.2. The van der Waals surface area contributed by atoms with Crippen molar-refractivity contribution >= 4 is 10.9 Å². The molecule has 0 N–H and O–H groups in total. The van der Waals surface area contributed by atoms with Crippen LogP contribution >= 0.6 is 0 Å². The monoisotopic (exact) mass is 279 g/mol. The Balaban J connectivity index is 2.03. The fraction of sp³-hybridized carbons (Fsp3) is 0.235. The number of benzene rings is 1. The van der Waals surface area contributed by atoms with Gasteiger partial charge in [-0.25, -0.2) is 4.98 Å². The molecule has 0 saturated heterocycles. The van der Waals surface area contributed by atoms with Crippen LogP contribution in [0.25, 0.3) is 10.9 Å². The van der Waals surface area contributed by atoms with Crippen molar-refractivity contribution in [1.82, 2.24) is 14.5 Å². The number of hydrogen-bond donors (Lipinski definition) is 0. The maximum Gasteiger partial charge on any atom is 0.261 e. The molecule has 0 unspecified atom stereocenters. The van der Waals surface area contributed by atoms with Gasteiger partial charge in [-0.2, -0.15) is 0 Å². The molecule has 2 aromatic heterocycles. The summed E-state index contributed by atoms with van der Waals surface area (Å²) in [5, 5.41) is 0.707. The summed E-state index contributed by atoms with van der Waals surface area (Å²) in [7, 11) is 0. The second-order valence-electron chi connectivity index (χ2n) is 5.34. The first kappa shape index (κ1) is 13.5. The van der Waals surface area contributed by atoms with Crippen molar-refractivity contribution in [2.24, 2.45) is 0 Å². The van der Waals surface area contributed by atoms with Gasteiger partial charge in [0.2, 0.25) is 0 Å². The van der Waals surface area contributed by atoms with Crippen LogP contribution in [-0.4, -0.2) is 14.5 Å². The molecular weight excluding hydrogens is 262 g/mol.